The van der Waals surface area contributed by atoms with E-state index in [0.29, 0.717) is 6.54 Å². The zero-order chi connectivity index (χ0) is 17.2. The number of carbonyl (C=O) groups is 1. The predicted octanol–water partition coefficient (Wildman–Crippen LogP) is 3.64. The SMILES string of the molecule is O=C(Cn1ccc2ccccc21)N1CCN(c2cccc(Cl)c2)CC1. The van der Waals surface area contributed by atoms with Crippen molar-refractivity contribution in [3.63, 3.8) is 0 Å². The van der Waals surface area contributed by atoms with Gasteiger partial charge < -0.3 is 14.4 Å². The number of aromatic nitrogens is 1. The molecule has 0 N–H and O–H groups in total. The molecule has 2 aromatic carbocycles. The first-order valence-electron chi connectivity index (χ1n) is 8.53. The van der Waals surface area contributed by atoms with Crippen LogP contribution in [-0.2, 0) is 11.3 Å². The van der Waals surface area contributed by atoms with Crippen LogP contribution in [0.5, 0.6) is 0 Å². The van der Waals surface area contributed by atoms with Crippen molar-refractivity contribution in [1.29, 1.82) is 0 Å². The molecule has 4 nitrogen and oxygen atoms in total. The average Bonchev–Trinajstić information content (AvgIpc) is 3.05. The number of fused-ring (bicyclic) bond motifs is 1. The fraction of sp³-hybridized carbons (Fsp3) is 0.250. The van der Waals surface area contributed by atoms with Gasteiger partial charge in [-0.25, -0.2) is 0 Å². The maximum Gasteiger partial charge on any atom is 0.242 e. The second-order valence-corrected chi connectivity index (χ2v) is 6.79. The van der Waals surface area contributed by atoms with E-state index in [1.165, 1.54) is 5.39 Å². The lowest BCUT2D eigenvalue weighted by atomic mass is 10.2. The number of anilines is 1. The molecular weight excluding hydrogens is 334 g/mol. The minimum atomic E-state index is 0.173. The number of para-hydroxylation sites is 1. The van der Waals surface area contributed by atoms with Crippen molar-refractivity contribution in [2.45, 2.75) is 6.54 Å². The molecule has 1 amide bonds. The van der Waals surface area contributed by atoms with E-state index < -0.39 is 0 Å². The molecule has 1 fully saturated rings. The summed E-state index contributed by atoms with van der Waals surface area (Å²) in [6.45, 7) is 3.54. The Labute approximate surface area is 152 Å². The molecule has 128 valence electrons. The van der Waals surface area contributed by atoms with Crippen LogP contribution in [0.3, 0.4) is 0 Å². The van der Waals surface area contributed by atoms with Gasteiger partial charge in [0.25, 0.3) is 0 Å². The number of amides is 1. The molecule has 0 spiro atoms. The first kappa shape index (κ1) is 16.0. The fourth-order valence-corrected chi connectivity index (χ4v) is 3.60. The first-order chi connectivity index (χ1) is 12.2. The second-order valence-electron chi connectivity index (χ2n) is 6.35. The van der Waals surface area contributed by atoms with Crippen LogP contribution < -0.4 is 4.90 Å². The summed E-state index contributed by atoms with van der Waals surface area (Å²) in [5, 5.41) is 1.91. The van der Waals surface area contributed by atoms with E-state index >= 15 is 0 Å². The number of hydrogen-bond acceptors (Lipinski definition) is 2. The molecule has 5 heteroatoms. The summed E-state index contributed by atoms with van der Waals surface area (Å²) in [6, 6.07) is 18.1. The minimum Gasteiger partial charge on any atom is -0.368 e. The predicted molar refractivity (Wildman–Crippen MR) is 102 cm³/mol. The summed E-state index contributed by atoms with van der Waals surface area (Å²) in [6.07, 6.45) is 1.99. The van der Waals surface area contributed by atoms with E-state index in [2.05, 4.69) is 29.2 Å². The summed E-state index contributed by atoms with van der Waals surface area (Å²) >= 11 is 6.08. The molecule has 0 unspecified atom stereocenters. The molecule has 4 rings (SSSR count). The Morgan fingerprint density at radius 3 is 2.56 bits per heavy atom. The molecule has 0 bridgehead atoms. The van der Waals surface area contributed by atoms with Crippen LogP contribution in [0.4, 0.5) is 5.69 Å². The lowest BCUT2D eigenvalue weighted by Gasteiger charge is -2.36. The largest absolute Gasteiger partial charge is 0.368 e. The van der Waals surface area contributed by atoms with E-state index in [1.807, 2.05) is 46.0 Å². The van der Waals surface area contributed by atoms with E-state index in [1.54, 1.807) is 0 Å². The Morgan fingerprint density at radius 2 is 1.76 bits per heavy atom. The first-order valence-corrected chi connectivity index (χ1v) is 8.91. The molecule has 0 radical (unpaired) electrons. The van der Waals surface area contributed by atoms with Gasteiger partial charge in [0.15, 0.2) is 0 Å². The van der Waals surface area contributed by atoms with Crippen LogP contribution in [0.25, 0.3) is 10.9 Å². The van der Waals surface area contributed by atoms with E-state index in [-0.39, 0.29) is 5.91 Å². The van der Waals surface area contributed by atoms with Crippen molar-refractivity contribution in [1.82, 2.24) is 9.47 Å². The lowest BCUT2D eigenvalue weighted by molar-refractivity contribution is -0.132. The number of hydrogen-bond donors (Lipinski definition) is 0. The number of rotatable bonds is 3. The van der Waals surface area contributed by atoms with Crippen LogP contribution in [0.15, 0.2) is 60.8 Å². The Morgan fingerprint density at radius 1 is 0.960 bits per heavy atom. The molecule has 0 atom stereocenters. The van der Waals surface area contributed by atoms with Crippen LogP contribution in [-0.4, -0.2) is 41.6 Å². The Kier molecular flexibility index (Phi) is 4.36. The van der Waals surface area contributed by atoms with Gasteiger partial charge in [0.1, 0.15) is 6.54 Å². The van der Waals surface area contributed by atoms with E-state index in [9.17, 15) is 4.79 Å². The highest BCUT2D eigenvalue weighted by Crippen LogP contribution is 2.21. The summed E-state index contributed by atoms with van der Waals surface area (Å²) in [7, 11) is 0. The van der Waals surface area contributed by atoms with Gasteiger partial charge in [0.2, 0.25) is 5.91 Å². The summed E-state index contributed by atoms with van der Waals surface area (Å²) in [5.74, 6) is 0.173. The normalized spacial score (nSPS) is 14.9. The zero-order valence-corrected chi connectivity index (χ0v) is 14.7. The van der Waals surface area contributed by atoms with Crippen molar-refractivity contribution in [3.05, 3.63) is 65.8 Å². The number of carbonyl (C=O) groups excluding carboxylic acids is 1. The molecule has 2 heterocycles. The number of halogens is 1. The second kappa shape index (κ2) is 6.81. The maximum absolute atomic E-state index is 12.7. The topological polar surface area (TPSA) is 28.5 Å². The van der Waals surface area contributed by atoms with Crippen molar-refractivity contribution in [2.24, 2.45) is 0 Å². The standard InChI is InChI=1S/C20H20ClN3O/c21-17-5-3-6-18(14-17)22-10-12-23(13-11-22)20(25)15-24-9-8-16-4-1-2-7-19(16)24/h1-9,14H,10-13,15H2. The van der Waals surface area contributed by atoms with Crippen molar-refractivity contribution >= 4 is 34.1 Å². The van der Waals surface area contributed by atoms with Gasteiger partial charge >= 0.3 is 0 Å². The summed E-state index contributed by atoms with van der Waals surface area (Å²) in [4.78, 5) is 16.9. The van der Waals surface area contributed by atoms with E-state index in [4.69, 9.17) is 11.6 Å². The average molecular weight is 354 g/mol. The van der Waals surface area contributed by atoms with Gasteiger partial charge in [-0.15, -0.1) is 0 Å². The van der Waals surface area contributed by atoms with Crippen molar-refractivity contribution in [2.75, 3.05) is 31.1 Å². The lowest BCUT2D eigenvalue weighted by Crippen LogP contribution is -2.49. The highest BCUT2D eigenvalue weighted by molar-refractivity contribution is 6.30. The van der Waals surface area contributed by atoms with Crippen LogP contribution >= 0.6 is 11.6 Å². The third-order valence-corrected chi connectivity index (χ3v) is 5.03. The highest BCUT2D eigenvalue weighted by Gasteiger charge is 2.21. The molecule has 0 aliphatic carbocycles. The highest BCUT2D eigenvalue weighted by atomic mass is 35.5. The Balaban J connectivity index is 1.40. The van der Waals surface area contributed by atoms with Crippen molar-refractivity contribution in [3.8, 4) is 0 Å². The molecule has 1 aliphatic heterocycles. The van der Waals surface area contributed by atoms with Gasteiger partial charge in [-0.05, 0) is 35.7 Å². The quantitative estimate of drug-likeness (QED) is 0.719. The third-order valence-electron chi connectivity index (χ3n) is 4.79. The molecule has 1 saturated heterocycles. The van der Waals surface area contributed by atoms with Crippen LogP contribution in [0, 0.1) is 0 Å². The van der Waals surface area contributed by atoms with Gasteiger partial charge in [-0.1, -0.05) is 35.9 Å². The van der Waals surface area contributed by atoms with Crippen LogP contribution in [0.2, 0.25) is 5.02 Å². The molecule has 1 aliphatic rings. The summed E-state index contributed by atoms with van der Waals surface area (Å²) in [5.41, 5.74) is 2.23. The van der Waals surface area contributed by atoms with Gasteiger partial charge in [0.05, 0.1) is 0 Å². The molecular formula is C20H20ClN3O. The zero-order valence-electron chi connectivity index (χ0n) is 13.9. The number of nitrogens with zero attached hydrogens (tertiary/aromatic N) is 3. The van der Waals surface area contributed by atoms with Crippen LogP contribution in [0.1, 0.15) is 0 Å². The van der Waals surface area contributed by atoms with E-state index in [0.717, 1.165) is 42.4 Å². The summed E-state index contributed by atoms with van der Waals surface area (Å²) < 4.78 is 2.03. The fourth-order valence-electron chi connectivity index (χ4n) is 3.41. The molecule has 1 aromatic heterocycles. The molecule has 0 saturated carbocycles. The Bertz CT molecular complexity index is 897. The maximum atomic E-state index is 12.7. The number of benzene rings is 2. The monoisotopic (exact) mass is 353 g/mol. The number of piperazine rings is 1. The van der Waals surface area contributed by atoms with Gasteiger partial charge in [-0.3, -0.25) is 4.79 Å². The minimum absolute atomic E-state index is 0.173. The Hall–Kier alpha value is -2.46. The molecule has 3 aromatic rings. The van der Waals surface area contributed by atoms with Crippen molar-refractivity contribution < 1.29 is 4.79 Å². The van der Waals surface area contributed by atoms with Gasteiger partial charge in [0, 0.05) is 48.6 Å². The molecule has 25 heavy (non-hydrogen) atoms. The van der Waals surface area contributed by atoms with Gasteiger partial charge in [-0.2, -0.15) is 0 Å². The third kappa shape index (κ3) is 3.35. The smallest absolute Gasteiger partial charge is 0.242 e.